The molecule has 0 aliphatic heterocycles. The Morgan fingerprint density at radius 2 is 2.06 bits per heavy atom. The fraction of sp³-hybridized carbons (Fsp3) is 0.545. The van der Waals surface area contributed by atoms with Gasteiger partial charge in [-0.05, 0) is 25.0 Å². The number of pyridine rings is 1. The molecule has 0 atom stereocenters. The third-order valence-electron chi connectivity index (χ3n) is 2.92. The first-order chi connectivity index (χ1) is 8.33. The van der Waals surface area contributed by atoms with E-state index in [0.29, 0.717) is 12.8 Å². The summed E-state index contributed by atoms with van der Waals surface area (Å²) in [5, 5.41) is 10.1. The molecule has 2 N–H and O–H groups in total. The van der Waals surface area contributed by atoms with Gasteiger partial charge in [0.1, 0.15) is 5.15 Å². The zero-order valence-corrected chi connectivity index (χ0v) is 11.9. The predicted molar refractivity (Wildman–Crippen MR) is 70.0 cm³/mol. The van der Waals surface area contributed by atoms with Crippen LogP contribution in [0.2, 0.25) is 5.15 Å². The SMILES string of the molecule is CCC(O)(CC)CNS(=O)(=O)c1ccnc(Cl)c1. The number of sulfonamides is 1. The lowest BCUT2D eigenvalue weighted by molar-refractivity contribution is 0.0377. The molecule has 0 saturated heterocycles. The lowest BCUT2D eigenvalue weighted by Crippen LogP contribution is -2.41. The Morgan fingerprint density at radius 1 is 1.44 bits per heavy atom. The highest BCUT2D eigenvalue weighted by molar-refractivity contribution is 7.89. The van der Waals surface area contributed by atoms with Crippen LogP contribution in [0.4, 0.5) is 0 Å². The van der Waals surface area contributed by atoms with Crippen molar-refractivity contribution < 1.29 is 13.5 Å². The summed E-state index contributed by atoms with van der Waals surface area (Å²) in [4.78, 5) is 3.76. The van der Waals surface area contributed by atoms with E-state index in [2.05, 4.69) is 9.71 Å². The molecule has 0 aliphatic carbocycles. The lowest BCUT2D eigenvalue weighted by Gasteiger charge is -2.25. The van der Waals surface area contributed by atoms with Gasteiger partial charge in [0.2, 0.25) is 10.0 Å². The smallest absolute Gasteiger partial charge is 0.240 e. The van der Waals surface area contributed by atoms with E-state index >= 15 is 0 Å². The summed E-state index contributed by atoms with van der Waals surface area (Å²) in [6.45, 7) is 3.59. The quantitative estimate of drug-likeness (QED) is 0.780. The molecule has 0 amide bonds. The molecule has 5 nitrogen and oxygen atoms in total. The highest BCUT2D eigenvalue weighted by Crippen LogP contribution is 2.16. The minimum atomic E-state index is -3.67. The van der Waals surface area contributed by atoms with Crippen LogP contribution >= 0.6 is 11.6 Å². The average molecular weight is 293 g/mol. The average Bonchev–Trinajstić information content (AvgIpc) is 2.36. The number of hydrogen-bond donors (Lipinski definition) is 2. The van der Waals surface area contributed by atoms with Gasteiger partial charge in [-0.3, -0.25) is 0 Å². The number of halogens is 1. The van der Waals surface area contributed by atoms with E-state index in [1.807, 2.05) is 0 Å². The largest absolute Gasteiger partial charge is 0.389 e. The molecule has 0 saturated carbocycles. The summed E-state index contributed by atoms with van der Waals surface area (Å²) >= 11 is 5.64. The monoisotopic (exact) mass is 292 g/mol. The van der Waals surface area contributed by atoms with E-state index in [-0.39, 0.29) is 16.6 Å². The normalized spacial score (nSPS) is 12.7. The fourth-order valence-corrected chi connectivity index (χ4v) is 2.74. The minimum absolute atomic E-state index is 0.0255. The Hall–Kier alpha value is -0.690. The third kappa shape index (κ3) is 3.91. The van der Waals surface area contributed by atoms with Gasteiger partial charge in [0.25, 0.3) is 0 Å². The zero-order valence-electron chi connectivity index (χ0n) is 10.4. The molecule has 0 spiro atoms. The van der Waals surface area contributed by atoms with E-state index in [0.717, 1.165) is 0 Å². The Balaban J connectivity index is 2.84. The van der Waals surface area contributed by atoms with Gasteiger partial charge in [-0.15, -0.1) is 0 Å². The Labute approximate surface area is 112 Å². The van der Waals surface area contributed by atoms with Crippen LogP contribution in [0.5, 0.6) is 0 Å². The number of rotatable bonds is 6. The van der Waals surface area contributed by atoms with Crippen LogP contribution in [-0.2, 0) is 10.0 Å². The van der Waals surface area contributed by atoms with Crippen molar-refractivity contribution in [3.05, 3.63) is 23.5 Å². The van der Waals surface area contributed by atoms with E-state index < -0.39 is 15.6 Å². The first kappa shape index (κ1) is 15.4. The molecular formula is C11H17ClN2O3S. The van der Waals surface area contributed by atoms with Crippen LogP contribution < -0.4 is 4.72 Å². The number of nitrogens with zero attached hydrogens (tertiary/aromatic N) is 1. The topological polar surface area (TPSA) is 79.3 Å². The van der Waals surface area contributed by atoms with E-state index in [9.17, 15) is 13.5 Å². The number of aliphatic hydroxyl groups is 1. The van der Waals surface area contributed by atoms with Crippen molar-refractivity contribution in [1.82, 2.24) is 9.71 Å². The molecule has 1 aromatic rings. The number of hydrogen-bond acceptors (Lipinski definition) is 4. The molecule has 1 heterocycles. The summed E-state index contributed by atoms with van der Waals surface area (Å²) in [7, 11) is -3.67. The van der Waals surface area contributed by atoms with Gasteiger partial charge in [0.05, 0.1) is 10.5 Å². The second-order valence-electron chi connectivity index (χ2n) is 4.07. The fourth-order valence-electron chi connectivity index (χ4n) is 1.36. The molecule has 1 aromatic heterocycles. The Bertz CT molecular complexity index is 501. The summed E-state index contributed by atoms with van der Waals surface area (Å²) < 4.78 is 26.3. The molecule has 0 aromatic carbocycles. The van der Waals surface area contributed by atoms with Crippen molar-refractivity contribution in [3.8, 4) is 0 Å². The van der Waals surface area contributed by atoms with Crippen LogP contribution in [0.15, 0.2) is 23.2 Å². The molecule has 0 fully saturated rings. The van der Waals surface area contributed by atoms with Crippen LogP contribution in [-0.4, -0.2) is 30.7 Å². The van der Waals surface area contributed by atoms with E-state index in [4.69, 9.17) is 11.6 Å². The third-order valence-corrected chi connectivity index (χ3v) is 4.52. The van der Waals surface area contributed by atoms with Crippen LogP contribution in [0.3, 0.4) is 0 Å². The molecule has 7 heteroatoms. The van der Waals surface area contributed by atoms with Gasteiger partial charge in [0, 0.05) is 12.7 Å². The first-order valence-corrected chi connectivity index (χ1v) is 7.52. The van der Waals surface area contributed by atoms with Crippen LogP contribution in [0, 0.1) is 0 Å². The molecule has 0 unspecified atom stereocenters. The number of aromatic nitrogens is 1. The van der Waals surface area contributed by atoms with Crippen molar-refractivity contribution in [2.75, 3.05) is 6.54 Å². The molecular weight excluding hydrogens is 276 g/mol. The Kier molecular flexibility index (Phi) is 5.10. The maximum Gasteiger partial charge on any atom is 0.240 e. The van der Waals surface area contributed by atoms with Gasteiger partial charge in [-0.25, -0.2) is 18.1 Å². The van der Waals surface area contributed by atoms with Crippen molar-refractivity contribution >= 4 is 21.6 Å². The van der Waals surface area contributed by atoms with Crippen molar-refractivity contribution in [2.45, 2.75) is 37.2 Å². The van der Waals surface area contributed by atoms with Gasteiger partial charge >= 0.3 is 0 Å². The summed E-state index contributed by atoms with van der Waals surface area (Å²) in [6.07, 6.45) is 2.27. The zero-order chi connectivity index (χ0) is 13.8. The second-order valence-corrected chi connectivity index (χ2v) is 6.22. The lowest BCUT2D eigenvalue weighted by atomic mass is 9.98. The molecule has 1 rings (SSSR count). The van der Waals surface area contributed by atoms with Crippen LogP contribution in [0.25, 0.3) is 0 Å². The van der Waals surface area contributed by atoms with Gasteiger partial charge in [-0.1, -0.05) is 25.4 Å². The maximum absolute atomic E-state index is 12.0. The highest BCUT2D eigenvalue weighted by atomic mass is 35.5. The molecule has 102 valence electrons. The minimum Gasteiger partial charge on any atom is -0.389 e. The summed E-state index contributed by atoms with van der Waals surface area (Å²) in [5.74, 6) is 0. The van der Waals surface area contributed by atoms with Crippen molar-refractivity contribution in [1.29, 1.82) is 0 Å². The van der Waals surface area contributed by atoms with Gasteiger partial charge in [-0.2, -0.15) is 0 Å². The van der Waals surface area contributed by atoms with E-state index in [1.165, 1.54) is 18.3 Å². The molecule has 0 bridgehead atoms. The summed E-state index contributed by atoms with van der Waals surface area (Å²) in [5.41, 5.74) is -1.02. The maximum atomic E-state index is 12.0. The molecule has 18 heavy (non-hydrogen) atoms. The number of nitrogens with one attached hydrogen (secondary N) is 1. The van der Waals surface area contributed by atoms with Crippen molar-refractivity contribution in [2.24, 2.45) is 0 Å². The molecule has 0 aliphatic rings. The highest BCUT2D eigenvalue weighted by Gasteiger charge is 2.25. The summed E-state index contributed by atoms with van der Waals surface area (Å²) in [6, 6.07) is 2.62. The molecule has 0 radical (unpaired) electrons. The van der Waals surface area contributed by atoms with Gasteiger partial charge in [0.15, 0.2) is 0 Å². The first-order valence-electron chi connectivity index (χ1n) is 5.66. The predicted octanol–water partition coefficient (Wildman–Crippen LogP) is 1.56. The Morgan fingerprint density at radius 3 is 2.56 bits per heavy atom. The van der Waals surface area contributed by atoms with Crippen LogP contribution in [0.1, 0.15) is 26.7 Å². The van der Waals surface area contributed by atoms with Crippen molar-refractivity contribution in [3.63, 3.8) is 0 Å². The van der Waals surface area contributed by atoms with Gasteiger partial charge < -0.3 is 5.11 Å². The second kappa shape index (κ2) is 5.97. The van der Waals surface area contributed by atoms with E-state index in [1.54, 1.807) is 13.8 Å². The standard InChI is InChI=1S/C11H17ClN2O3S/c1-3-11(15,4-2)8-14-18(16,17)9-5-6-13-10(12)7-9/h5-7,14-15H,3-4,8H2,1-2H3.